The molecule has 0 aliphatic carbocycles. The Morgan fingerprint density at radius 1 is 1.10 bits per heavy atom. The Morgan fingerprint density at radius 3 is 2.37 bits per heavy atom. The quantitative estimate of drug-likeness (QED) is 0.417. The molecule has 0 spiro atoms. The normalized spacial score (nSPS) is 13.9. The number of hydrogen-bond acceptors (Lipinski definition) is 6. The summed E-state index contributed by atoms with van der Waals surface area (Å²) >= 11 is 11.5. The number of nitrogens with zero attached hydrogens (tertiary/aromatic N) is 2. The summed E-state index contributed by atoms with van der Waals surface area (Å²) in [7, 11) is -3.99. The van der Waals surface area contributed by atoms with Gasteiger partial charge in [-0.05, 0) is 36.4 Å². The Hall–Kier alpha value is -2.89. The fourth-order valence-corrected chi connectivity index (χ4v) is 4.27. The van der Waals surface area contributed by atoms with Crippen LogP contribution in [0.15, 0.2) is 41.3 Å². The second-order valence-electron chi connectivity index (χ2n) is 6.11. The van der Waals surface area contributed by atoms with E-state index in [-0.39, 0.29) is 46.3 Å². The van der Waals surface area contributed by atoms with Crippen LogP contribution in [0.3, 0.4) is 0 Å². The number of amides is 4. The third kappa shape index (κ3) is 5.17. The summed E-state index contributed by atoms with van der Waals surface area (Å²) in [5, 5.41) is 4.77. The number of aromatic nitrogens is 1. The van der Waals surface area contributed by atoms with Crippen LogP contribution in [-0.2, 0) is 19.6 Å². The van der Waals surface area contributed by atoms with Crippen molar-refractivity contribution >= 4 is 62.4 Å². The van der Waals surface area contributed by atoms with Crippen molar-refractivity contribution < 1.29 is 22.8 Å². The van der Waals surface area contributed by atoms with Crippen LogP contribution in [0.25, 0.3) is 0 Å². The maximum absolute atomic E-state index is 12.4. The van der Waals surface area contributed by atoms with Crippen molar-refractivity contribution in [2.24, 2.45) is 0 Å². The lowest BCUT2D eigenvalue weighted by Crippen LogP contribution is -2.33. The molecule has 3 N–H and O–H groups in total. The van der Waals surface area contributed by atoms with Crippen LogP contribution in [0.4, 0.5) is 16.2 Å². The van der Waals surface area contributed by atoms with Gasteiger partial charge in [-0.15, -0.1) is 0 Å². The number of rotatable bonds is 7. The molecule has 3 rings (SSSR count). The lowest BCUT2D eigenvalue weighted by Gasteiger charge is -2.12. The molecule has 2 aromatic rings. The summed E-state index contributed by atoms with van der Waals surface area (Å²) in [6.07, 6.45) is -0.0738. The van der Waals surface area contributed by atoms with Crippen molar-refractivity contribution in [2.75, 3.05) is 23.1 Å². The molecule has 1 aliphatic rings. The SMILES string of the molecule is O=C(CCN1C(=O)CNC1=O)Nc1ccc(NS(=O)(=O)c2ccc(Cl)nc2Cl)cc1. The van der Waals surface area contributed by atoms with E-state index in [0.717, 1.165) is 4.90 Å². The Bertz CT molecular complexity index is 1090. The molecule has 4 amide bonds. The third-order valence-electron chi connectivity index (χ3n) is 3.99. The van der Waals surface area contributed by atoms with Crippen molar-refractivity contribution in [1.29, 1.82) is 0 Å². The number of halogens is 2. The zero-order valence-corrected chi connectivity index (χ0v) is 17.5. The molecule has 0 radical (unpaired) electrons. The van der Waals surface area contributed by atoms with Crippen LogP contribution in [0.2, 0.25) is 10.3 Å². The summed E-state index contributed by atoms with van der Waals surface area (Å²) in [5.41, 5.74) is 0.643. The van der Waals surface area contributed by atoms with Crippen molar-refractivity contribution in [3.8, 4) is 0 Å². The zero-order chi connectivity index (χ0) is 21.9. The highest BCUT2D eigenvalue weighted by Crippen LogP contribution is 2.24. The number of urea groups is 1. The van der Waals surface area contributed by atoms with Gasteiger partial charge in [-0.3, -0.25) is 19.2 Å². The first-order valence-corrected chi connectivity index (χ1v) is 10.7. The number of sulfonamides is 1. The third-order valence-corrected chi connectivity index (χ3v) is 6.01. The number of nitrogens with one attached hydrogen (secondary N) is 3. The van der Waals surface area contributed by atoms with Gasteiger partial charge in [0.05, 0.1) is 6.54 Å². The molecular formula is C17H15Cl2N5O5S. The monoisotopic (exact) mass is 471 g/mol. The maximum Gasteiger partial charge on any atom is 0.324 e. The fraction of sp³-hybridized carbons (Fsp3) is 0.176. The highest BCUT2D eigenvalue weighted by molar-refractivity contribution is 7.92. The first-order chi connectivity index (χ1) is 14.2. The smallest absolute Gasteiger partial charge is 0.324 e. The molecule has 158 valence electrons. The number of carbonyl (C=O) groups is 3. The lowest BCUT2D eigenvalue weighted by molar-refractivity contribution is -0.125. The minimum absolute atomic E-state index is 0.0374. The molecule has 13 heteroatoms. The topological polar surface area (TPSA) is 138 Å². The molecule has 0 unspecified atom stereocenters. The van der Waals surface area contributed by atoms with Gasteiger partial charge in [0.1, 0.15) is 10.0 Å². The van der Waals surface area contributed by atoms with Crippen LogP contribution in [0.5, 0.6) is 0 Å². The molecule has 1 saturated heterocycles. The molecule has 30 heavy (non-hydrogen) atoms. The van der Waals surface area contributed by atoms with Gasteiger partial charge in [0.2, 0.25) is 11.8 Å². The van der Waals surface area contributed by atoms with E-state index in [2.05, 4.69) is 20.3 Å². The number of hydrogen-bond donors (Lipinski definition) is 3. The van der Waals surface area contributed by atoms with Crippen LogP contribution >= 0.6 is 23.2 Å². The van der Waals surface area contributed by atoms with E-state index in [1.54, 1.807) is 0 Å². The predicted molar refractivity (Wildman–Crippen MR) is 110 cm³/mol. The molecule has 10 nitrogen and oxygen atoms in total. The van der Waals surface area contributed by atoms with Crippen molar-refractivity contribution in [3.05, 3.63) is 46.7 Å². The minimum atomic E-state index is -3.99. The first kappa shape index (κ1) is 21.8. The van der Waals surface area contributed by atoms with Gasteiger partial charge in [0.15, 0.2) is 5.15 Å². The van der Waals surface area contributed by atoms with Gasteiger partial charge < -0.3 is 10.6 Å². The minimum Gasteiger partial charge on any atom is -0.329 e. The van der Waals surface area contributed by atoms with Crippen LogP contribution in [0.1, 0.15) is 6.42 Å². The van der Waals surface area contributed by atoms with E-state index >= 15 is 0 Å². The zero-order valence-electron chi connectivity index (χ0n) is 15.2. The molecule has 1 aliphatic heterocycles. The van der Waals surface area contributed by atoms with Crippen molar-refractivity contribution in [2.45, 2.75) is 11.3 Å². The summed E-state index contributed by atoms with van der Waals surface area (Å²) < 4.78 is 27.2. The second kappa shape index (κ2) is 8.86. The average Bonchev–Trinajstić information content (AvgIpc) is 2.99. The summed E-state index contributed by atoms with van der Waals surface area (Å²) in [4.78, 5) is 39.4. The second-order valence-corrected chi connectivity index (χ2v) is 8.50. The standard InChI is InChI=1S/C17H15Cl2N5O5S/c18-13-6-5-12(16(19)22-13)30(28,29)23-11-3-1-10(2-4-11)21-14(25)7-8-24-15(26)9-20-17(24)27/h1-6,23H,7-9H2,(H,20,27)(H,21,25). The van der Waals surface area contributed by atoms with Crippen LogP contribution in [0, 0.1) is 0 Å². The van der Waals surface area contributed by atoms with Crippen LogP contribution in [-0.4, -0.2) is 49.2 Å². The lowest BCUT2D eigenvalue weighted by atomic mass is 10.2. The van der Waals surface area contributed by atoms with E-state index < -0.39 is 22.0 Å². The molecule has 2 heterocycles. The highest BCUT2D eigenvalue weighted by atomic mass is 35.5. The number of carbonyl (C=O) groups excluding carboxylic acids is 3. The van der Waals surface area contributed by atoms with Crippen molar-refractivity contribution in [3.63, 3.8) is 0 Å². The molecule has 1 fully saturated rings. The van der Waals surface area contributed by atoms with E-state index in [1.165, 1.54) is 36.4 Å². The Kier molecular flexibility index (Phi) is 6.44. The van der Waals surface area contributed by atoms with Crippen LogP contribution < -0.4 is 15.4 Å². The van der Waals surface area contributed by atoms with Gasteiger partial charge in [0.25, 0.3) is 10.0 Å². The fourth-order valence-electron chi connectivity index (χ4n) is 2.55. The summed E-state index contributed by atoms with van der Waals surface area (Å²) in [5.74, 6) is -0.796. The summed E-state index contributed by atoms with van der Waals surface area (Å²) in [6.45, 7) is -0.112. The van der Waals surface area contributed by atoms with E-state index in [4.69, 9.17) is 23.2 Å². The Labute approximate surface area is 181 Å². The van der Waals surface area contributed by atoms with Gasteiger partial charge in [-0.2, -0.15) is 0 Å². The highest BCUT2D eigenvalue weighted by Gasteiger charge is 2.28. The van der Waals surface area contributed by atoms with E-state index in [0.29, 0.717) is 5.69 Å². The van der Waals surface area contributed by atoms with Gasteiger partial charge in [-0.1, -0.05) is 23.2 Å². The number of imide groups is 1. The van der Waals surface area contributed by atoms with Gasteiger partial charge >= 0.3 is 6.03 Å². The molecular weight excluding hydrogens is 457 g/mol. The molecule has 1 aromatic heterocycles. The van der Waals surface area contributed by atoms with Crippen molar-refractivity contribution in [1.82, 2.24) is 15.2 Å². The predicted octanol–water partition coefficient (Wildman–Crippen LogP) is 2.07. The van der Waals surface area contributed by atoms with Gasteiger partial charge in [0, 0.05) is 24.3 Å². The Balaban J connectivity index is 1.58. The first-order valence-electron chi connectivity index (χ1n) is 8.49. The average molecular weight is 472 g/mol. The number of pyridine rings is 1. The number of benzene rings is 1. The molecule has 0 atom stereocenters. The molecule has 1 aromatic carbocycles. The van der Waals surface area contributed by atoms with E-state index in [1.807, 2.05) is 0 Å². The Morgan fingerprint density at radius 2 is 1.77 bits per heavy atom. The summed E-state index contributed by atoms with van der Waals surface area (Å²) in [6, 6.07) is 7.89. The van der Waals surface area contributed by atoms with E-state index in [9.17, 15) is 22.8 Å². The molecule has 0 bridgehead atoms. The number of anilines is 2. The molecule has 0 saturated carbocycles. The maximum atomic E-state index is 12.4. The largest absolute Gasteiger partial charge is 0.329 e. The van der Waals surface area contributed by atoms with Gasteiger partial charge in [-0.25, -0.2) is 18.2 Å².